The molecule has 0 aliphatic rings. The van der Waals surface area contributed by atoms with Crippen LogP contribution in [0.5, 0.6) is 0 Å². The van der Waals surface area contributed by atoms with Gasteiger partial charge in [-0.05, 0) is 30.5 Å². The Bertz CT molecular complexity index is 1080. The molecule has 0 saturated carbocycles. The smallest absolute Gasteiger partial charge is 0.236 e. The SMILES string of the molecule is Cc1ccccc1-c1noc(CC(=O)NCCc2c[nH]c3ccccc23)n1. The van der Waals surface area contributed by atoms with Gasteiger partial charge in [0.1, 0.15) is 6.42 Å². The number of nitrogens with one attached hydrogen (secondary N) is 2. The van der Waals surface area contributed by atoms with Crippen molar-refractivity contribution in [3.8, 4) is 11.4 Å². The predicted octanol–water partition coefficient (Wildman–Crippen LogP) is 3.43. The molecule has 6 heteroatoms. The predicted molar refractivity (Wildman–Crippen MR) is 103 cm³/mol. The number of para-hydroxylation sites is 1. The second-order valence-electron chi connectivity index (χ2n) is 6.46. The molecule has 0 fully saturated rings. The van der Waals surface area contributed by atoms with E-state index in [9.17, 15) is 4.79 Å². The lowest BCUT2D eigenvalue weighted by Gasteiger charge is -2.03. The minimum atomic E-state index is -0.130. The maximum Gasteiger partial charge on any atom is 0.236 e. The summed E-state index contributed by atoms with van der Waals surface area (Å²) >= 11 is 0. The summed E-state index contributed by atoms with van der Waals surface area (Å²) in [6.07, 6.45) is 2.82. The van der Waals surface area contributed by atoms with E-state index in [0.717, 1.165) is 23.1 Å². The molecule has 2 aromatic heterocycles. The molecular weight excluding hydrogens is 340 g/mol. The van der Waals surface area contributed by atoms with Gasteiger partial charge in [-0.25, -0.2) is 0 Å². The molecule has 2 N–H and O–H groups in total. The number of fused-ring (bicyclic) bond motifs is 1. The summed E-state index contributed by atoms with van der Waals surface area (Å²) in [7, 11) is 0. The highest BCUT2D eigenvalue weighted by molar-refractivity contribution is 5.83. The Hall–Kier alpha value is -3.41. The molecule has 0 radical (unpaired) electrons. The van der Waals surface area contributed by atoms with E-state index in [4.69, 9.17) is 4.52 Å². The summed E-state index contributed by atoms with van der Waals surface area (Å²) in [6.45, 7) is 2.54. The molecule has 0 spiro atoms. The number of benzene rings is 2. The summed E-state index contributed by atoms with van der Waals surface area (Å²) < 4.78 is 5.23. The van der Waals surface area contributed by atoms with Crippen LogP contribution in [0.3, 0.4) is 0 Å². The molecule has 27 heavy (non-hydrogen) atoms. The molecule has 6 nitrogen and oxygen atoms in total. The van der Waals surface area contributed by atoms with Gasteiger partial charge in [-0.1, -0.05) is 47.6 Å². The number of aryl methyl sites for hydroxylation is 1. The van der Waals surface area contributed by atoms with Gasteiger partial charge in [0.05, 0.1) is 0 Å². The van der Waals surface area contributed by atoms with Gasteiger partial charge in [0.25, 0.3) is 0 Å². The Labute approximate surface area is 156 Å². The van der Waals surface area contributed by atoms with E-state index in [1.807, 2.05) is 55.6 Å². The number of aromatic nitrogens is 3. The quantitative estimate of drug-likeness (QED) is 0.552. The molecule has 0 aliphatic heterocycles. The standard InChI is InChI=1S/C21H20N4O2/c1-14-6-2-3-7-16(14)21-24-20(27-25-21)12-19(26)22-11-10-15-13-23-18-9-5-4-8-17(15)18/h2-9,13,23H,10-12H2,1H3,(H,22,26). The van der Waals surface area contributed by atoms with Crippen LogP contribution in [-0.2, 0) is 17.6 Å². The first-order valence-electron chi connectivity index (χ1n) is 8.91. The Balaban J connectivity index is 1.33. The number of hydrogen-bond donors (Lipinski definition) is 2. The number of nitrogens with zero attached hydrogens (tertiary/aromatic N) is 2. The van der Waals surface area contributed by atoms with Crippen LogP contribution in [0.1, 0.15) is 17.0 Å². The van der Waals surface area contributed by atoms with Crippen LogP contribution in [-0.4, -0.2) is 27.6 Å². The Morgan fingerprint density at radius 3 is 2.85 bits per heavy atom. The van der Waals surface area contributed by atoms with Crippen molar-refractivity contribution in [2.24, 2.45) is 0 Å². The van der Waals surface area contributed by atoms with Crippen molar-refractivity contribution in [1.82, 2.24) is 20.4 Å². The summed E-state index contributed by atoms with van der Waals surface area (Å²) in [4.78, 5) is 19.8. The van der Waals surface area contributed by atoms with E-state index < -0.39 is 0 Å². The Kier molecular flexibility index (Phi) is 4.70. The van der Waals surface area contributed by atoms with E-state index in [0.29, 0.717) is 18.3 Å². The van der Waals surface area contributed by atoms with Crippen molar-refractivity contribution in [2.75, 3.05) is 6.54 Å². The maximum absolute atomic E-state index is 12.2. The van der Waals surface area contributed by atoms with Crippen LogP contribution >= 0.6 is 0 Å². The summed E-state index contributed by atoms with van der Waals surface area (Å²) in [5, 5.41) is 8.09. The molecule has 0 atom stereocenters. The lowest BCUT2D eigenvalue weighted by atomic mass is 10.1. The molecular formula is C21H20N4O2. The maximum atomic E-state index is 12.2. The first kappa shape index (κ1) is 17.0. The monoisotopic (exact) mass is 360 g/mol. The van der Waals surface area contributed by atoms with Crippen LogP contribution in [0.25, 0.3) is 22.3 Å². The molecule has 2 heterocycles. The molecule has 4 aromatic rings. The van der Waals surface area contributed by atoms with Gasteiger partial charge in [0, 0.05) is 29.2 Å². The second kappa shape index (κ2) is 7.45. The number of hydrogen-bond acceptors (Lipinski definition) is 4. The number of H-pyrrole nitrogens is 1. The van der Waals surface area contributed by atoms with Crippen LogP contribution in [0.15, 0.2) is 59.3 Å². The topological polar surface area (TPSA) is 83.8 Å². The number of carbonyl (C=O) groups excluding carboxylic acids is 1. The first-order valence-corrected chi connectivity index (χ1v) is 8.91. The highest BCUT2D eigenvalue weighted by atomic mass is 16.5. The molecule has 0 bridgehead atoms. The van der Waals surface area contributed by atoms with Gasteiger partial charge in [-0.15, -0.1) is 0 Å². The molecule has 0 saturated heterocycles. The molecule has 1 amide bonds. The van der Waals surface area contributed by atoms with Crippen molar-refractivity contribution < 1.29 is 9.32 Å². The number of carbonyl (C=O) groups is 1. The van der Waals surface area contributed by atoms with E-state index in [1.54, 1.807) is 0 Å². The van der Waals surface area contributed by atoms with Crippen LogP contribution in [0.2, 0.25) is 0 Å². The third kappa shape index (κ3) is 3.74. The lowest BCUT2D eigenvalue weighted by molar-refractivity contribution is -0.120. The fourth-order valence-corrected chi connectivity index (χ4v) is 3.13. The van der Waals surface area contributed by atoms with Crippen molar-refractivity contribution in [2.45, 2.75) is 19.8 Å². The van der Waals surface area contributed by atoms with Crippen molar-refractivity contribution in [3.05, 3.63) is 71.7 Å². The normalized spacial score (nSPS) is 11.0. The number of amides is 1. The second-order valence-corrected chi connectivity index (χ2v) is 6.46. The van der Waals surface area contributed by atoms with E-state index in [2.05, 4.69) is 26.5 Å². The average Bonchev–Trinajstić information content (AvgIpc) is 3.30. The summed E-state index contributed by atoms with van der Waals surface area (Å²) in [5.41, 5.74) is 4.26. The average molecular weight is 360 g/mol. The van der Waals surface area contributed by atoms with Crippen LogP contribution in [0, 0.1) is 6.92 Å². The van der Waals surface area contributed by atoms with E-state index in [1.165, 1.54) is 10.9 Å². The zero-order valence-corrected chi connectivity index (χ0v) is 15.0. The van der Waals surface area contributed by atoms with Crippen molar-refractivity contribution in [1.29, 1.82) is 0 Å². The fraction of sp³-hybridized carbons (Fsp3) is 0.190. The third-order valence-corrected chi connectivity index (χ3v) is 4.56. The highest BCUT2D eigenvalue weighted by Crippen LogP contribution is 2.20. The number of aromatic amines is 1. The van der Waals surface area contributed by atoms with Gasteiger partial charge in [-0.3, -0.25) is 4.79 Å². The lowest BCUT2D eigenvalue weighted by Crippen LogP contribution is -2.27. The molecule has 136 valence electrons. The third-order valence-electron chi connectivity index (χ3n) is 4.56. The molecule has 0 unspecified atom stereocenters. The van der Waals surface area contributed by atoms with Gasteiger partial charge in [-0.2, -0.15) is 4.98 Å². The van der Waals surface area contributed by atoms with Gasteiger partial charge in [0.2, 0.25) is 17.6 Å². The molecule has 0 aliphatic carbocycles. The van der Waals surface area contributed by atoms with E-state index >= 15 is 0 Å². The van der Waals surface area contributed by atoms with Crippen LogP contribution in [0.4, 0.5) is 0 Å². The van der Waals surface area contributed by atoms with Gasteiger partial charge >= 0.3 is 0 Å². The minimum Gasteiger partial charge on any atom is -0.361 e. The minimum absolute atomic E-state index is 0.0762. The largest absolute Gasteiger partial charge is 0.361 e. The molecule has 4 rings (SSSR count). The Morgan fingerprint density at radius 2 is 1.96 bits per heavy atom. The van der Waals surface area contributed by atoms with Gasteiger partial charge in [0.15, 0.2) is 0 Å². The summed E-state index contributed by atoms with van der Waals surface area (Å²) in [6, 6.07) is 15.9. The zero-order valence-electron chi connectivity index (χ0n) is 15.0. The zero-order chi connectivity index (χ0) is 18.6. The van der Waals surface area contributed by atoms with Crippen molar-refractivity contribution in [3.63, 3.8) is 0 Å². The van der Waals surface area contributed by atoms with Crippen molar-refractivity contribution >= 4 is 16.8 Å². The Morgan fingerprint density at radius 1 is 1.15 bits per heavy atom. The summed E-state index contributed by atoms with van der Waals surface area (Å²) in [5.74, 6) is 0.697. The highest BCUT2D eigenvalue weighted by Gasteiger charge is 2.13. The van der Waals surface area contributed by atoms with E-state index in [-0.39, 0.29) is 12.3 Å². The first-order chi connectivity index (χ1) is 13.2. The molecule has 2 aromatic carbocycles. The van der Waals surface area contributed by atoms with Gasteiger partial charge < -0.3 is 14.8 Å². The van der Waals surface area contributed by atoms with Crippen LogP contribution < -0.4 is 5.32 Å². The fourth-order valence-electron chi connectivity index (χ4n) is 3.13. The number of rotatable bonds is 6.